The van der Waals surface area contributed by atoms with E-state index in [0.717, 1.165) is 11.1 Å². The normalized spacial score (nSPS) is 20.9. The predicted molar refractivity (Wildman–Crippen MR) is 107 cm³/mol. The molecule has 0 spiro atoms. The number of hydrogen-bond acceptors (Lipinski definition) is 6. The van der Waals surface area contributed by atoms with Crippen LogP contribution >= 0.6 is 0 Å². The Labute approximate surface area is 168 Å². The number of methoxy groups -OCH3 is 2. The Kier molecular flexibility index (Phi) is 4.71. The molecule has 29 heavy (non-hydrogen) atoms. The maximum atomic E-state index is 13.2. The molecule has 2 atom stereocenters. The minimum absolute atomic E-state index is 0.265. The van der Waals surface area contributed by atoms with Crippen LogP contribution in [0.3, 0.4) is 0 Å². The third-order valence-electron chi connectivity index (χ3n) is 5.20. The fourth-order valence-electron chi connectivity index (χ4n) is 3.71. The standard InChI is InChI=1S/C20H20N2O6S/c1-27-14-5-3-12(4-6-14)13-9-18-19(29(24,25)26)21-17-8-7-15(28-2)10-16(17)20(23)22(18)11-13/h3-8,10-11,18-19,21H,9H2,1-2H3,(H,24,25,26). The molecular formula is C20H20N2O6S. The lowest BCUT2D eigenvalue weighted by atomic mass is 10.0. The van der Waals surface area contributed by atoms with Crippen LogP contribution in [0, 0.1) is 0 Å². The summed E-state index contributed by atoms with van der Waals surface area (Å²) in [6.07, 6.45) is 1.91. The Morgan fingerprint density at radius 2 is 1.72 bits per heavy atom. The highest BCUT2D eigenvalue weighted by Gasteiger charge is 2.45. The van der Waals surface area contributed by atoms with Gasteiger partial charge in [-0.05, 0) is 47.9 Å². The van der Waals surface area contributed by atoms with Gasteiger partial charge in [0, 0.05) is 11.9 Å². The zero-order chi connectivity index (χ0) is 20.8. The van der Waals surface area contributed by atoms with Crippen molar-refractivity contribution in [2.24, 2.45) is 0 Å². The van der Waals surface area contributed by atoms with Crippen molar-refractivity contribution in [3.8, 4) is 11.5 Å². The Morgan fingerprint density at radius 1 is 1.07 bits per heavy atom. The van der Waals surface area contributed by atoms with Crippen LogP contribution < -0.4 is 14.8 Å². The van der Waals surface area contributed by atoms with E-state index in [1.807, 2.05) is 12.1 Å². The zero-order valence-electron chi connectivity index (χ0n) is 15.8. The predicted octanol–water partition coefficient (Wildman–Crippen LogP) is 2.60. The quantitative estimate of drug-likeness (QED) is 0.738. The topological polar surface area (TPSA) is 105 Å². The van der Waals surface area contributed by atoms with Gasteiger partial charge in [-0.25, -0.2) is 0 Å². The van der Waals surface area contributed by atoms with Crippen molar-refractivity contribution in [2.45, 2.75) is 17.8 Å². The largest absolute Gasteiger partial charge is 0.497 e. The molecule has 2 aliphatic rings. The molecule has 2 heterocycles. The summed E-state index contributed by atoms with van der Waals surface area (Å²) >= 11 is 0. The molecule has 0 aliphatic carbocycles. The lowest BCUT2D eigenvalue weighted by molar-refractivity contribution is 0.0791. The number of carbonyl (C=O) groups excluding carboxylic acids is 1. The SMILES string of the molecule is COc1ccc(C2=CN3C(=O)c4cc(OC)ccc4NC(S(=O)(=O)O)C3C2)cc1. The van der Waals surface area contributed by atoms with Crippen molar-refractivity contribution >= 4 is 27.3 Å². The van der Waals surface area contributed by atoms with Gasteiger partial charge in [-0.1, -0.05) is 12.1 Å². The van der Waals surface area contributed by atoms with E-state index in [9.17, 15) is 17.8 Å². The number of benzene rings is 2. The zero-order valence-corrected chi connectivity index (χ0v) is 16.6. The fraction of sp³-hybridized carbons (Fsp3) is 0.250. The van der Waals surface area contributed by atoms with Gasteiger partial charge in [0.15, 0.2) is 5.37 Å². The average Bonchev–Trinajstić information content (AvgIpc) is 3.11. The first-order valence-corrected chi connectivity index (χ1v) is 10.4. The second-order valence-corrected chi connectivity index (χ2v) is 8.40. The summed E-state index contributed by atoms with van der Waals surface area (Å²) < 4.78 is 44.5. The summed E-state index contributed by atoms with van der Waals surface area (Å²) in [5.41, 5.74) is 2.22. The van der Waals surface area contributed by atoms with E-state index in [4.69, 9.17) is 9.47 Å². The fourth-order valence-corrected chi connectivity index (χ4v) is 4.61. The van der Waals surface area contributed by atoms with Gasteiger partial charge in [0.25, 0.3) is 16.0 Å². The van der Waals surface area contributed by atoms with Crippen molar-refractivity contribution in [3.63, 3.8) is 0 Å². The monoisotopic (exact) mass is 416 g/mol. The molecule has 0 bridgehead atoms. The van der Waals surface area contributed by atoms with Crippen LogP contribution in [0.1, 0.15) is 22.3 Å². The molecule has 0 radical (unpaired) electrons. The molecule has 0 aromatic heterocycles. The highest BCUT2D eigenvalue weighted by molar-refractivity contribution is 7.86. The van der Waals surface area contributed by atoms with E-state index in [0.29, 0.717) is 17.2 Å². The molecule has 0 fully saturated rings. The number of carbonyl (C=O) groups is 1. The molecule has 9 heteroatoms. The van der Waals surface area contributed by atoms with Crippen LogP contribution in [-0.4, -0.2) is 49.4 Å². The lowest BCUT2D eigenvalue weighted by Gasteiger charge is -2.26. The molecule has 2 aromatic carbocycles. The first kappa shape index (κ1) is 19.3. The summed E-state index contributed by atoms with van der Waals surface area (Å²) in [6, 6.07) is 11.2. The Hall–Kier alpha value is -3.04. The van der Waals surface area contributed by atoms with Crippen LogP contribution in [0.4, 0.5) is 5.69 Å². The molecular weight excluding hydrogens is 396 g/mol. The van der Waals surface area contributed by atoms with Gasteiger partial charge in [-0.3, -0.25) is 9.35 Å². The van der Waals surface area contributed by atoms with Crippen molar-refractivity contribution in [1.82, 2.24) is 4.90 Å². The van der Waals surface area contributed by atoms with Gasteiger partial charge in [0.05, 0.1) is 25.8 Å². The Morgan fingerprint density at radius 3 is 2.34 bits per heavy atom. The van der Waals surface area contributed by atoms with E-state index in [1.165, 1.54) is 12.0 Å². The number of anilines is 1. The Bertz CT molecular complexity index is 1090. The van der Waals surface area contributed by atoms with Crippen molar-refractivity contribution in [1.29, 1.82) is 0 Å². The summed E-state index contributed by atoms with van der Waals surface area (Å²) in [4.78, 5) is 14.6. The van der Waals surface area contributed by atoms with E-state index in [2.05, 4.69) is 5.32 Å². The minimum Gasteiger partial charge on any atom is -0.497 e. The van der Waals surface area contributed by atoms with Crippen LogP contribution in [0.25, 0.3) is 5.57 Å². The van der Waals surface area contributed by atoms with Crippen LogP contribution in [0.2, 0.25) is 0 Å². The maximum Gasteiger partial charge on any atom is 0.288 e. The third kappa shape index (κ3) is 3.43. The second-order valence-electron chi connectivity index (χ2n) is 6.86. The number of ether oxygens (including phenoxy) is 2. The molecule has 1 amide bonds. The molecule has 8 nitrogen and oxygen atoms in total. The summed E-state index contributed by atoms with van der Waals surface area (Å²) in [5.74, 6) is 0.793. The highest BCUT2D eigenvalue weighted by Crippen LogP contribution is 2.39. The van der Waals surface area contributed by atoms with Crippen LogP contribution in [0.5, 0.6) is 11.5 Å². The van der Waals surface area contributed by atoms with Gasteiger partial charge >= 0.3 is 0 Å². The molecule has 4 rings (SSSR count). The molecule has 2 N–H and O–H groups in total. The van der Waals surface area contributed by atoms with Crippen molar-refractivity contribution in [3.05, 3.63) is 59.8 Å². The van der Waals surface area contributed by atoms with Crippen LogP contribution in [0.15, 0.2) is 48.7 Å². The molecule has 2 aromatic rings. The smallest absolute Gasteiger partial charge is 0.288 e. The van der Waals surface area contributed by atoms with E-state index in [1.54, 1.807) is 43.6 Å². The minimum atomic E-state index is -4.49. The summed E-state index contributed by atoms with van der Waals surface area (Å²) in [7, 11) is -1.44. The van der Waals surface area contributed by atoms with Gasteiger partial charge in [0.1, 0.15) is 11.5 Å². The number of nitrogens with zero attached hydrogens (tertiary/aromatic N) is 1. The molecule has 0 saturated carbocycles. The third-order valence-corrected chi connectivity index (χ3v) is 6.28. The molecule has 2 unspecified atom stereocenters. The number of hydrogen-bond donors (Lipinski definition) is 2. The number of rotatable bonds is 4. The van der Waals surface area contributed by atoms with Crippen molar-refractivity contribution < 1.29 is 27.2 Å². The summed E-state index contributed by atoms with van der Waals surface area (Å²) in [5, 5.41) is 1.47. The van der Waals surface area contributed by atoms with Crippen LogP contribution in [-0.2, 0) is 10.1 Å². The van der Waals surface area contributed by atoms with Gasteiger partial charge in [-0.2, -0.15) is 8.42 Å². The first-order valence-electron chi connectivity index (χ1n) is 8.90. The van der Waals surface area contributed by atoms with E-state index < -0.39 is 21.5 Å². The summed E-state index contributed by atoms with van der Waals surface area (Å²) in [6.45, 7) is 0. The number of fused-ring (bicyclic) bond motifs is 2. The number of nitrogens with one attached hydrogen (secondary N) is 1. The molecule has 0 saturated heterocycles. The molecule has 2 aliphatic heterocycles. The molecule has 152 valence electrons. The van der Waals surface area contributed by atoms with Crippen molar-refractivity contribution in [2.75, 3.05) is 19.5 Å². The van der Waals surface area contributed by atoms with Gasteiger partial charge in [0.2, 0.25) is 0 Å². The van der Waals surface area contributed by atoms with Gasteiger partial charge in [-0.15, -0.1) is 0 Å². The lowest BCUT2D eigenvalue weighted by Crippen LogP contribution is -2.46. The Balaban J connectivity index is 1.79. The first-order chi connectivity index (χ1) is 13.8. The average molecular weight is 416 g/mol. The maximum absolute atomic E-state index is 13.2. The number of amides is 1. The second kappa shape index (κ2) is 7.09. The highest BCUT2D eigenvalue weighted by atomic mass is 32.2. The van der Waals surface area contributed by atoms with E-state index >= 15 is 0 Å². The van der Waals surface area contributed by atoms with E-state index in [-0.39, 0.29) is 17.9 Å². The van der Waals surface area contributed by atoms with Gasteiger partial charge < -0.3 is 19.7 Å².